The van der Waals surface area contributed by atoms with Crippen molar-refractivity contribution in [1.29, 1.82) is 0 Å². The molecule has 3 heterocycles. The number of hydrogen-bond donors (Lipinski definition) is 0. The topological polar surface area (TPSA) is 64.5 Å². The van der Waals surface area contributed by atoms with Crippen molar-refractivity contribution < 1.29 is 0 Å². The minimum atomic E-state index is 0.735. The lowest BCUT2D eigenvalue weighted by Crippen LogP contribution is -1.74. The second-order valence-corrected chi connectivity index (χ2v) is 4.95. The lowest BCUT2D eigenvalue weighted by atomic mass is 10.7. The zero-order valence-electron chi connectivity index (χ0n) is 7.04. The van der Waals surface area contributed by atoms with Gasteiger partial charge in [0.25, 0.3) is 0 Å². The van der Waals surface area contributed by atoms with E-state index in [0.29, 0.717) is 0 Å². The Bertz CT molecular complexity index is 492. The Morgan fingerprint density at radius 3 is 2.60 bits per heavy atom. The van der Waals surface area contributed by atoms with Crippen molar-refractivity contribution in [2.24, 2.45) is 0 Å². The fourth-order valence-electron chi connectivity index (χ4n) is 0.925. The molecule has 0 saturated heterocycles. The van der Waals surface area contributed by atoms with Gasteiger partial charge in [0, 0.05) is 6.20 Å². The third-order valence-electron chi connectivity index (χ3n) is 1.51. The normalized spacial score (nSPS) is 10.7. The Hall–Kier alpha value is -1.25. The van der Waals surface area contributed by atoms with Gasteiger partial charge in [-0.3, -0.25) is 0 Å². The zero-order chi connectivity index (χ0) is 10.1. The van der Waals surface area contributed by atoms with Crippen LogP contribution >= 0.6 is 34.2 Å². The Labute approximate surface area is 96.7 Å². The summed E-state index contributed by atoms with van der Waals surface area (Å²) in [4.78, 5) is 8.06. The fourth-order valence-corrected chi connectivity index (χ4v) is 2.85. The maximum atomic E-state index is 4.11. The van der Waals surface area contributed by atoms with Gasteiger partial charge in [0.1, 0.15) is 0 Å². The minimum absolute atomic E-state index is 0.735. The van der Waals surface area contributed by atoms with E-state index in [1.807, 2.05) is 0 Å². The van der Waals surface area contributed by atoms with Crippen LogP contribution in [-0.4, -0.2) is 24.5 Å². The highest BCUT2D eigenvalue weighted by atomic mass is 32.1. The highest BCUT2D eigenvalue weighted by Crippen LogP contribution is 2.30. The third kappa shape index (κ3) is 1.66. The minimum Gasteiger partial charge on any atom is -0.241 e. The number of rotatable bonds is 2. The lowest BCUT2D eigenvalue weighted by molar-refractivity contribution is 1.09. The summed E-state index contributed by atoms with van der Waals surface area (Å²) in [5.41, 5.74) is 0. The Kier molecular flexibility index (Phi) is 2.24. The molecule has 0 unspecified atom stereocenters. The van der Waals surface area contributed by atoms with Crippen molar-refractivity contribution in [3.63, 3.8) is 0 Å². The molecular formula is C7HN5S3. The van der Waals surface area contributed by atoms with Gasteiger partial charge in [-0.25, -0.2) is 9.97 Å². The summed E-state index contributed by atoms with van der Waals surface area (Å²) in [7, 11) is 0. The predicted molar refractivity (Wildman–Crippen MR) is 57.6 cm³/mol. The molecule has 72 valence electrons. The molecule has 0 spiro atoms. The van der Waals surface area contributed by atoms with Crippen LogP contribution in [0.1, 0.15) is 0 Å². The fraction of sp³-hybridized carbons (Fsp3) is 0. The number of hydrogen-bond acceptors (Lipinski definition) is 8. The Morgan fingerprint density at radius 2 is 1.93 bits per heavy atom. The van der Waals surface area contributed by atoms with Gasteiger partial charge >= 0.3 is 0 Å². The average molecular weight is 251 g/mol. The third-order valence-corrected chi connectivity index (χ3v) is 4.05. The molecule has 0 aromatic carbocycles. The maximum absolute atomic E-state index is 4.11. The van der Waals surface area contributed by atoms with Gasteiger partial charge in [0.15, 0.2) is 20.0 Å². The first-order valence-electron chi connectivity index (χ1n) is 3.79. The predicted octanol–water partition coefficient (Wildman–Crippen LogP) is 1.78. The van der Waals surface area contributed by atoms with Crippen LogP contribution in [0.3, 0.4) is 0 Å². The van der Waals surface area contributed by atoms with Crippen molar-refractivity contribution in [2.75, 3.05) is 0 Å². The van der Waals surface area contributed by atoms with E-state index in [9.17, 15) is 0 Å². The Balaban J connectivity index is 2.02. The van der Waals surface area contributed by atoms with Crippen LogP contribution in [0, 0.1) is 11.7 Å². The molecule has 5 nitrogen and oxygen atoms in total. The second kappa shape index (κ2) is 3.72. The summed E-state index contributed by atoms with van der Waals surface area (Å²) >= 11 is 4.11. The summed E-state index contributed by atoms with van der Waals surface area (Å²) in [6.07, 6.45) is 4.14. The van der Waals surface area contributed by atoms with Crippen molar-refractivity contribution in [3.05, 3.63) is 17.9 Å². The van der Waals surface area contributed by atoms with E-state index in [4.69, 9.17) is 0 Å². The largest absolute Gasteiger partial charge is 0.241 e. The molecule has 0 bridgehead atoms. The SMILES string of the molecule is [c]1nsc(-c2nnc(-c3nc[c]s3)s2)n1. The number of thiazole rings is 1. The maximum Gasteiger partial charge on any atom is 0.212 e. The molecule has 2 radical (unpaired) electrons. The van der Waals surface area contributed by atoms with Gasteiger partial charge < -0.3 is 0 Å². The Morgan fingerprint density at radius 1 is 1.07 bits per heavy atom. The van der Waals surface area contributed by atoms with Crippen LogP contribution < -0.4 is 0 Å². The summed E-state index contributed by atoms with van der Waals surface area (Å²) in [5.74, 6) is 0. The van der Waals surface area contributed by atoms with Crippen molar-refractivity contribution >= 4 is 34.2 Å². The molecule has 0 aliphatic carbocycles. The van der Waals surface area contributed by atoms with Gasteiger partial charge in [0.2, 0.25) is 6.33 Å². The standard InChI is InChI=1S/C7HN5S3/c1-2-13-4(8-1)6-11-12-7(14-6)5-9-3-10-15-5/h1H. The lowest BCUT2D eigenvalue weighted by Gasteiger charge is -1.82. The van der Waals surface area contributed by atoms with E-state index < -0.39 is 0 Å². The number of nitrogens with zero attached hydrogens (tertiary/aromatic N) is 5. The molecule has 0 N–H and O–H groups in total. The van der Waals surface area contributed by atoms with E-state index in [0.717, 1.165) is 20.0 Å². The number of aromatic nitrogens is 5. The molecule has 8 heteroatoms. The molecule has 3 rings (SSSR count). The molecule has 0 fully saturated rings. The monoisotopic (exact) mass is 251 g/mol. The van der Waals surface area contributed by atoms with Gasteiger partial charge in [0.05, 0.1) is 5.38 Å². The molecule has 0 atom stereocenters. The smallest absolute Gasteiger partial charge is 0.212 e. The van der Waals surface area contributed by atoms with Gasteiger partial charge in [-0.15, -0.1) is 21.5 Å². The van der Waals surface area contributed by atoms with Crippen molar-refractivity contribution in [1.82, 2.24) is 24.5 Å². The molecule has 0 saturated carbocycles. The van der Waals surface area contributed by atoms with Gasteiger partial charge in [-0.05, 0) is 11.5 Å². The molecule has 0 aliphatic rings. The van der Waals surface area contributed by atoms with Crippen LogP contribution in [0.2, 0.25) is 0 Å². The van der Waals surface area contributed by atoms with Crippen molar-refractivity contribution in [2.45, 2.75) is 0 Å². The van der Waals surface area contributed by atoms with E-state index in [-0.39, 0.29) is 0 Å². The van der Waals surface area contributed by atoms with Gasteiger partial charge in [-0.2, -0.15) is 4.37 Å². The molecular weight excluding hydrogens is 250 g/mol. The molecule has 15 heavy (non-hydrogen) atoms. The van der Waals surface area contributed by atoms with E-state index in [1.54, 1.807) is 6.20 Å². The van der Waals surface area contributed by atoms with Crippen molar-refractivity contribution in [3.8, 4) is 20.0 Å². The summed E-state index contributed by atoms with van der Waals surface area (Å²) in [5, 5.41) is 14.1. The van der Waals surface area contributed by atoms with Gasteiger partial charge in [-0.1, -0.05) is 11.3 Å². The molecule has 3 aromatic heterocycles. The second-order valence-electron chi connectivity index (χ2n) is 2.40. The van der Waals surface area contributed by atoms with E-state index in [2.05, 4.69) is 36.2 Å². The first kappa shape index (κ1) is 9.01. The van der Waals surface area contributed by atoms with E-state index in [1.165, 1.54) is 34.2 Å². The van der Waals surface area contributed by atoms with Crippen LogP contribution in [0.4, 0.5) is 0 Å². The molecule has 0 aliphatic heterocycles. The van der Waals surface area contributed by atoms with Crippen LogP contribution in [0.5, 0.6) is 0 Å². The summed E-state index contributed by atoms with van der Waals surface area (Å²) < 4.78 is 3.80. The highest BCUT2D eigenvalue weighted by Gasteiger charge is 2.12. The molecule has 3 aromatic rings. The first-order valence-corrected chi connectivity index (χ1v) is 6.20. The van der Waals surface area contributed by atoms with E-state index >= 15 is 0 Å². The quantitative estimate of drug-likeness (QED) is 0.694. The van der Waals surface area contributed by atoms with Crippen LogP contribution in [0.25, 0.3) is 20.0 Å². The summed E-state index contributed by atoms with van der Waals surface area (Å²) in [6.45, 7) is 0. The average Bonchev–Trinajstić information content (AvgIpc) is 3.02. The summed E-state index contributed by atoms with van der Waals surface area (Å²) in [6, 6.07) is 0. The van der Waals surface area contributed by atoms with Crippen LogP contribution in [0.15, 0.2) is 6.20 Å². The molecule has 0 amide bonds. The zero-order valence-corrected chi connectivity index (χ0v) is 9.49. The highest BCUT2D eigenvalue weighted by molar-refractivity contribution is 7.24. The first-order chi connectivity index (χ1) is 7.43. The van der Waals surface area contributed by atoms with Crippen LogP contribution in [-0.2, 0) is 0 Å².